The van der Waals surface area contributed by atoms with E-state index in [0.29, 0.717) is 27.2 Å². The predicted octanol–water partition coefficient (Wildman–Crippen LogP) is 4.32. The van der Waals surface area contributed by atoms with Crippen LogP contribution in [0.15, 0.2) is 52.2 Å². The maximum atomic E-state index is 12.9. The van der Waals surface area contributed by atoms with Crippen molar-refractivity contribution in [3.8, 4) is 11.4 Å². The number of ether oxygens (including phenoxy) is 1. The van der Waals surface area contributed by atoms with Crippen molar-refractivity contribution in [1.82, 2.24) is 9.58 Å². The van der Waals surface area contributed by atoms with Crippen LogP contribution in [-0.4, -0.2) is 44.8 Å². The highest BCUT2D eigenvalue weighted by molar-refractivity contribution is 8.27. The summed E-state index contributed by atoms with van der Waals surface area (Å²) >= 11 is 6.29. The van der Waals surface area contributed by atoms with E-state index >= 15 is 0 Å². The highest BCUT2D eigenvalue weighted by Gasteiger charge is 2.46. The summed E-state index contributed by atoms with van der Waals surface area (Å²) in [5, 5.41) is 11.3. The van der Waals surface area contributed by atoms with Crippen molar-refractivity contribution in [2.24, 2.45) is 10.1 Å². The van der Waals surface area contributed by atoms with E-state index in [4.69, 9.17) is 21.7 Å². The van der Waals surface area contributed by atoms with Crippen LogP contribution in [0.5, 0.6) is 5.75 Å². The first-order valence-corrected chi connectivity index (χ1v) is 9.47. The first-order chi connectivity index (χ1) is 14.2. The van der Waals surface area contributed by atoms with Gasteiger partial charge < -0.3 is 9.30 Å². The van der Waals surface area contributed by atoms with Crippen LogP contribution in [0.2, 0.25) is 5.02 Å². The number of aliphatic imine (C=N–C) groups is 1. The van der Waals surface area contributed by atoms with Gasteiger partial charge in [0.25, 0.3) is 5.91 Å². The molecule has 7 nitrogen and oxygen atoms in total. The molecule has 0 radical (unpaired) electrons. The largest absolute Gasteiger partial charge is 0.495 e. The molecule has 0 bridgehead atoms. The molecule has 1 aromatic heterocycles. The van der Waals surface area contributed by atoms with Gasteiger partial charge >= 0.3 is 6.18 Å². The Kier molecular flexibility index (Phi) is 4.94. The summed E-state index contributed by atoms with van der Waals surface area (Å²) < 4.78 is 45.8. The maximum Gasteiger partial charge on any atom is 0.441 e. The van der Waals surface area contributed by atoms with Crippen molar-refractivity contribution in [3.63, 3.8) is 0 Å². The molecule has 0 atom stereocenters. The van der Waals surface area contributed by atoms with Crippen LogP contribution in [0.4, 0.5) is 13.2 Å². The molecule has 1 amide bonds. The summed E-state index contributed by atoms with van der Waals surface area (Å²) in [6.45, 7) is 0. The number of nitrogens with one attached hydrogen (secondary N) is 1. The minimum absolute atomic E-state index is 0.201. The minimum atomic E-state index is -4.70. The van der Waals surface area contributed by atoms with E-state index in [0.717, 1.165) is 0 Å². The first kappa shape index (κ1) is 20.2. The minimum Gasteiger partial charge on any atom is -0.495 e. The number of amides is 1. The molecule has 30 heavy (non-hydrogen) atoms. The lowest BCUT2D eigenvalue weighted by molar-refractivity contribution is -0.114. The van der Waals surface area contributed by atoms with Gasteiger partial charge in [-0.05, 0) is 48.2 Å². The monoisotopic (exact) mass is 453 g/mol. The molecule has 2 aliphatic heterocycles. The smallest absolute Gasteiger partial charge is 0.441 e. The topological polar surface area (TPSA) is 83.0 Å². The second-order valence-electron chi connectivity index (χ2n) is 6.04. The molecule has 0 saturated carbocycles. The Labute approximate surface area is 177 Å². The molecule has 0 fully saturated rings. The Bertz CT molecular complexity index is 1170. The van der Waals surface area contributed by atoms with E-state index in [1.165, 1.54) is 13.2 Å². The number of amidine groups is 2. The Morgan fingerprint density at radius 1 is 1.30 bits per heavy atom. The van der Waals surface area contributed by atoms with Gasteiger partial charge in [0.15, 0.2) is 5.84 Å². The molecule has 0 unspecified atom stereocenters. The van der Waals surface area contributed by atoms with Gasteiger partial charge in [-0.3, -0.25) is 10.2 Å². The van der Waals surface area contributed by atoms with Gasteiger partial charge in [-0.15, -0.1) is 0 Å². The van der Waals surface area contributed by atoms with Gasteiger partial charge in [-0.25, -0.2) is 0 Å². The molecule has 0 spiro atoms. The SMILES string of the molecule is COc1ccc(Cl)cc1-n1cccc1/C=C1/C(=N)N2N=C(C(F)(F)F)SC2=NC1=O. The van der Waals surface area contributed by atoms with Crippen molar-refractivity contribution < 1.29 is 22.7 Å². The third-order valence-corrected chi connectivity index (χ3v) is 5.36. The maximum absolute atomic E-state index is 12.9. The van der Waals surface area contributed by atoms with Gasteiger partial charge in [0.1, 0.15) is 5.75 Å². The standard InChI is InChI=1S/C18H11ClF3N5O2S/c1-29-13-5-4-9(19)7-12(13)26-6-2-3-10(26)8-11-14(23)27-17(24-15(11)28)30-16(25-27)18(20,21)22/h2-8,23H,1H3/b11-8-,23-14?. The Hall–Kier alpha value is -3.05. The number of nitrogens with zero attached hydrogens (tertiary/aromatic N) is 4. The van der Waals surface area contributed by atoms with E-state index in [-0.39, 0.29) is 22.5 Å². The van der Waals surface area contributed by atoms with Crippen LogP contribution in [0.3, 0.4) is 0 Å². The molecular formula is C18H11ClF3N5O2S. The lowest BCUT2D eigenvalue weighted by Gasteiger charge is -2.20. The second-order valence-corrected chi connectivity index (χ2v) is 7.43. The summed E-state index contributed by atoms with van der Waals surface area (Å²) in [7, 11) is 1.49. The van der Waals surface area contributed by atoms with E-state index in [1.807, 2.05) is 0 Å². The number of thioether (sulfide) groups is 1. The van der Waals surface area contributed by atoms with Crippen molar-refractivity contribution in [3.05, 3.63) is 52.8 Å². The number of hydrogen-bond donors (Lipinski definition) is 1. The van der Waals surface area contributed by atoms with Crippen LogP contribution < -0.4 is 4.74 Å². The van der Waals surface area contributed by atoms with Crippen LogP contribution in [-0.2, 0) is 4.79 Å². The average molecular weight is 454 g/mol. The molecule has 2 aromatic rings. The number of hydrazone groups is 1. The fourth-order valence-corrected chi connectivity index (χ4v) is 3.76. The number of carbonyl (C=O) groups is 1. The molecule has 1 N–H and O–H groups in total. The highest BCUT2D eigenvalue weighted by atomic mass is 35.5. The zero-order valence-electron chi connectivity index (χ0n) is 15.1. The third-order valence-electron chi connectivity index (χ3n) is 4.17. The molecule has 1 aromatic carbocycles. The number of aromatic nitrogens is 1. The lowest BCUT2D eigenvalue weighted by atomic mass is 10.1. The molecule has 154 valence electrons. The van der Waals surface area contributed by atoms with Crippen molar-refractivity contribution >= 4 is 51.4 Å². The van der Waals surface area contributed by atoms with Crippen LogP contribution in [0.25, 0.3) is 11.8 Å². The Balaban J connectivity index is 1.76. The van der Waals surface area contributed by atoms with E-state index < -0.39 is 23.0 Å². The zero-order valence-corrected chi connectivity index (χ0v) is 16.6. The van der Waals surface area contributed by atoms with E-state index in [2.05, 4.69) is 10.1 Å². The molecule has 4 rings (SSSR count). The average Bonchev–Trinajstić information content (AvgIpc) is 3.31. The Morgan fingerprint density at radius 3 is 2.77 bits per heavy atom. The number of halogens is 4. The molecule has 0 saturated heterocycles. The van der Waals surface area contributed by atoms with Gasteiger partial charge in [0, 0.05) is 16.9 Å². The van der Waals surface area contributed by atoms with Gasteiger partial charge in [0.05, 0.1) is 18.4 Å². The van der Waals surface area contributed by atoms with Crippen LogP contribution >= 0.6 is 23.4 Å². The number of alkyl halides is 3. The number of benzene rings is 1. The third kappa shape index (κ3) is 3.50. The second kappa shape index (κ2) is 7.33. The van der Waals surface area contributed by atoms with Crippen molar-refractivity contribution in [2.75, 3.05) is 7.11 Å². The van der Waals surface area contributed by atoms with E-state index in [9.17, 15) is 18.0 Å². The van der Waals surface area contributed by atoms with Crippen LogP contribution in [0.1, 0.15) is 5.69 Å². The number of carbonyl (C=O) groups excluding carboxylic acids is 1. The summed E-state index contributed by atoms with van der Waals surface area (Å²) in [5.74, 6) is -0.818. The Morgan fingerprint density at radius 2 is 2.07 bits per heavy atom. The summed E-state index contributed by atoms with van der Waals surface area (Å²) in [4.78, 5) is 16.1. The van der Waals surface area contributed by atoms with Gasteiger partial charge in [-0.2, -0.15) is 28.3 Å². The van der Waals surface area contributed by atoms with Gasteiger partial charge in [-0.1, -0.05) is 11.6 Å². The number of fused-ring (bicyclic) bond motifs is 1. The van der Waals surface area contributed by atoms with Gasteiger partial charge in [0.2, 0.25) is 10.2 Å². The fourth-order valence-electron chi connectivity index (χ4n) is 2.84. The molecular weight excluding hydrogens is 443 g/mol. The summed E-state index contributed by atoms with van der Waals surface area (Å²) in [6.07, 6.45) is -1.65. The fraction of sp³-hybridized carbons (Fsp3) is 0.111. The number of methoxy groups -OCH3 is 1. The van der Waals surface area contributed by atoms with Crippen molar-refractivity contribution in [2.45, 2.75) is 6.18 Å². The van der Waals surface area contributed by atoms with Crippen molar-refractivity contribution in [1.29, 1.82) is 5.41 Å². The normalized spacial score (nSPS) is 17.9. The number of rotatable bonds is 3. The van der Waals surface area contributed by atoms with Crippen LogP contribution in [0, 0.1) is 5.41 Å². The predicted molar refractivity (Wildman–Crippen MR) is 108 cm³/mol. The lowest BCUT2D eigenvalue weighted by Crippen LogP contribution is -2.35. The molecule has 2 aliphatic rings. The summed E-state index contributed by atoms with van der Waals surface area (Å²) in [6, 6.07) is 8.35. The first-order valence-electron chi connectivity index (χ1n) is 8.27. The summed E-state index contributed by atoms with van der Waals surface area (Å²) in [5.41, 5.74) is 0.844. The highest BCUT2D eigenvalue weighted by Crippen LogP contribution is 2.35. The molecule has 0 aliphatic carbocycles. The molecule has 3 heterocycles. The zero-order chi connectivity index (χ0) is 21.6. The molecule has 12 heteroatoms. The van der Waals surface area contributed by atoms with E-state index in [1.54, 1.807) is 41.1 Å². The quantitative estimate of drug-likeness (QED) is 0.701. The number of hydrogen-bond acceptors (Lipinski definition) is 5.